The first kappa shape index (κ1) is 16.0. The second-order valence-electron chi connectivity index (χ2n) is 3.85. The van der Waals surface area contributed by atoms with Crippen molar-refractivity contribution < 1.29 is 28.5 Å². The molecule has 1 heterocycles. The number of aromatic nitrogens is 1. The van der Waals surface area contributed by atoms with Crippen molar-refractivity contribution in [3.63, 3.8) is 0 Å². The molecule has 10 heteroatoms. The molecular weight excluding hydrogens is 296 g/mol. The van der Waals surface area contributed by atoms with Crippen LogP contribution in [0.4, 0.5) is 0 Å². The summed E-state index contributed by atoms with van der Waals surface area (Å²) in [6.07, 6.45) is 0.139. The van der Waals surface area contributed by atoms with E-state index < -0.39 is 44.6 Å². The van der Waals surface area contributed by atoms with Crippen LogP contribution in [0, 0.1) is 0 Å². The van der Waals surface area contributed by atoms with Gasteiger partial charge in [0.1, 0.15) is 0 Å². The van der Waals surface area contributed by atoms with Gasteiger partial charge in [-0.05, 0) is 6.42 Å². The number of aliphatic hydroxyl groups is 2. The molecule has 0 aliphatic rings. The van der Waals surface area contributed by atoms with Crippen molar-refractivity contribution in [1.82, 2.24) is 9.71 Å². The Bertz CT molecular complexity index is 541. The highest BCUT2D eigenvalue weighted by Gasteiger charge is 2.35. The molecule has 0 aliphatic heterocycles. The normalized spacial score (nSPS) is 12.6. The van der Waals surface area contributed by atoms with Crippen LogP contribution in [0.5, 0.6) is 0 Å². The third-order valence-corrected chi connectivity index (χ3v) is 5.56. The Morgan fingerprint density at radius 3 is 2.47 bits per heavy atom. The van der Waals surface area contributed by atoms with Gasteiger partial charge in [-0.2, -0.15) is 4.72 Å². The molecule has 1 rings (SSSR count). The van der Waals surface area contributed by atoms with E-state index in [1.807, 2.05) is 0 Å². The maximum absolute atomic E-state index is 12.1. The lowest BCUT2D eigenvalue weighted by atomic mass is 10.0. The largest absolute Gasteiger partial charge is 0.476 e. The summed E-state index contributed by atoms with van der Waals surface area (Å²) < 4.78 is 25.8. The number of nitrogens with one attached hydrogen (secondary N) is 1. The number of hydrogen-bond acceptors (Lipinski definition) is 7. The van der Waals surface area contributed by atoms with E-state index in [0.29, 0.717) is 11.3 Å². The van der Waals surface area contributed by atoms with Gasteiger partial charge in [0.2, 0.25) is 0 Å². The van der Waals surface area contributed by atoms with Crippen LogP contribution in [0.2, 0.25) is 0 Å². The number of aromatic carboxylic acids is 1. The number of aliphatic hydroxyl groups excluding tert-OH is 2. The lowest BCUT2D eigenvalue weighted by molar-refractivity contribution is 0.0687. The fourth-order valence-corrected chi connectivity index (χ4v) is 3.91. The Hall–Kier alpha value is -1.07. The van der Waals surface area contributed by atoms with Gasteiger partial charge in [-0.25, -0.2) is 18.2 Å². The predicted molar refractivity (Wildman–Crippen MR) is 66.6 cm³/mol. The molecule has 108 valence electrons. The minimum atomic E-state index is -4.18. The molecule has 1 aromatic rings. The average Bonchev–Trinajstić information content (AvgIpc) is 2.86. The zero-order chi connectivity index (χ0) is 14.7. The van der Waals surface area contributed by atoms with Crippen molar-refractivity contribution in [1.29, 1.82) is 0 Å². The minimum absolute atomic E-state index is 0.139. The molecule has 0 spiro atoms. The third-order valence-electron chi connectivity index (χ3n) is 2.61. The molecule has 19 heavy (non-hydrogen) atoms. The molecule has 0 fully saturated rings. The number of carboxylic acids is 1. The predicted octanol–water partition coefficient (Wildman–Crippen LogP) is -0.747. The van der Waals surface area contributed by atoms with E-state index in [1.165, 1.54) is 0 Å². The molecule has 0 saturated heterocycles. The number of rotatable bonds is 7. The number of carbonyl (C=O) groups is 1. The second-order valence-corrected chi connectivity index (χ2v) is 6.58. The van der Waals surface area contributed by atoms with E-state index >= 15 is 0 Å². The first-order valence-corrected chi connectivity index (χ1v) is 7.60. The van der Waals surface area contributed by atoms with Crippen LogP contribution >= 0.6 is 11.3 Å². The smallest absolute Gasteiger partial charge is 0.356 e. The van der Waals surface area contributed by atoms with Crippen LogP contribution in [-0.4, -0.2) is 53.4 Å². The van der Waals surface area contributed by atoms with Gasteiger partial charge >= 0.3 is 5.97 Å². The average molecular weight is 310 g/mol. The van der Waals surface area contributed by atoms with Gasteiger partial charge in [0.25, 0.3) is 10.0 Å². The molecule has 0 unspecified atom stereocenters. The quantitative estimate of drug-likeness (QED) is 0.520. The zero-order valence-electron chi connectivity index (χ0n) is 10.0. The third kappa shape index (κ3) is 3.28. The van der Waals surface area contributed by atoms with Gasteiger partial charge in [0.15, 0.2) is 9.90 Å². The molecule has 0 saturated carbocycles. The number of nitrogens with zero attached hydrogens (tertiary/aromatic N) is 1. The first-order chi connectivity index (χ1) is 8.82. The maximum Gasteiger partial charge on any atom is 0.356 e. The monoisotopic (exact) mass is 310 g/mol. The van der Waals surface area contributed by atoms with Gasteiger partial charge < -0.3 is 15.3 Å². The fraction of sp³-hybridized carbons (Fsp3) is 0.556. The summed E-state index contributed by atoms with van der Waals surface area (Å²) in [7, 11) is -4.18. The summed E-state index contributed by atoms with van der Waals surface area (Å²) in [5.41, 5.74) is -0.916. The van der Waals surface area contributed by atoms with E-state index in [1.54, 1.807) is 6.92 Å². The van der Waals surface area contributed by atoms with E-state index in [0.717, 1.165) is 5.51 Å². The van der Waals surface area contributed by atoms with Crippen molar-refractivity contribution in [2.24, 2.45) is 0 Å². The molecule has 0 aliphatic carbocycles. The second kappa shape index (κ2) is 5.92. The molecule has 0 atom stereocenters. The molecule has 8 nitrogen and oxygen atoms in total. The SMILES string of the molecule is CCC(CO)(CO)NS(=O)(=O)c1scnc1C(=O)O. The number of sulfonamides is 1. The summed E-state index contributed by atoms with van der Waals surface area (Å²) in [4.78, 5) is 14.3. The standard InChI is InChI=1S/C9H14N2O6S2/c1-2-9(3-12,4-13)11-19(16,17)8-6(7(14)15)10-5-18-8/h5,11-13H,2-4H2,1H3,(H,14,15). The zero-order valence-corrected chi connectivity index (χ0v) is 11.7. The van der Waals surface area contributed by atoms with Crippen LogP contribution in [0.25, 0.3) is 0 Å². The Labute approximate surface area is 113 Å². The molecule has 1 aromatic heterocycles. The molecule has 0 radical (unpaired) electrons. The van der Waals surface area contributed by atoms with E-state index in [4.69, 9.17) is 5.11 Å². The molecule has 0 aromatic carbocycles. The Morgan fingerprint density at radius 2 is 2.05 bits per heavy atom. The van der Waals surface area contributed by atoms with E-state index in [9.17, 15) is 23.4 Å². The van der Waals surface area contributed by atoms with Gasteiger partial charge in [0.05, 0.1) is 24.3 Å². The summed E-state index contributed by atoms with van der Waals surface area (Å²) in [5.74, 6) is -1.46. The summed E-state index contributed by atoms with van der Waals surface area (Å²) in [5, 5.41) is 27.2. The first-order valence-electron chi connectivity index (χ1n) is 5.24. The van der Waals surface area contributed by atoms with Crippen molar-refractivity contribution >= 4 is 27.3 Å². The van der Waals surface area contributed by atoms with Crippen LogP contribution in [0.15, 0.2) is 9.72 Å². The molecule has 4 N–H and O–H groups in total. The van der Waals surface area contributed by atoms with E-state index in [-0.39, 0.29) is 6.42 Å². The lowest BCUT2D eigenvalue weighted by Crippen LogP contribution is -2.53. The van der Waals surface area contributed by atoms with Crippen molar-refractivity contribution in [2.45, 2.75) is 23.1 Å². The Balaban J connectivity index is 3.18. The number of hydrogen-bond donors (Lipinski definition) is 4. The van der Waals surface area contributed by atoms with Gasteiger partial charge in [-0.3, -0.25) is 0 Å². The van der Waals surface area contributed by atoms with Crippen LogP contribution in [0.1, 0.15) is 23.8 Å². The van der Waals surface area contributed by atoms with Gasteiger partial charge in [-0.15, -0.1) is 11.3 Å². The van der Waals surface area contributed by atoms with Gasteiger partial charge in [0, 0.05) is 0 Å². The molecule has 0 bridgehead atoms. The van der Waals surface area contributed by atoms with E-state index in [2.05, 4.69) is 9.71 Å². The van der Waals surface area contributed by atoms with Crippen molar-refractivity contribution in [3.8, 4) is 0 Å². The maximum atomic E-state index is 12.1. The molecule has 0 amide bonds. The lowest BCUT2D eigenvalue weighted by Gasteiger charge is -2.28. The van der Waals surface area contributed by atoms with Crippen LogP contribution in [0.3, 0.4) is 0 Å². The molecular formula is C9H14N2O6S2. The number of thiazole rings is 1. The Kier molecular flexibility index (Phi) is 4.98. The Morgan fingerprint density at radius 1 is 1.47 bits per heavy atom. The highest BCUT2D eigenvalue weighted by molar-refractivity contribution is 7.91. The van der Waals surface area contributed by atoms with Crippen LogP contribution in [-0.2, 0) is 10.0 Å². The summed E-state index contributed by atoms with van der Waals surface area (Å²) in [6, 6.07) is 0. The fourth-order valence-electron chi connectivity index (χ4n) is 1.31. The summed E-state index contributed by atoms with van der Waals surface area (Å²) in [6.45, 7) is 0.362. The highest BCUT2D eigenvalue weighted by atomic mass is 32.2. The highest BCUT2D eigenvalue weighted by Crippen LogP contribution is 2.22. The van der Waals surface area contributed by atoms with Crippen molar-refractivity contribution in [3.05, 3.63) is 11.2 Å². The minimum Gasteiger partial charge on any atom is -0.476 e. The topological polar surface area (TPSA) is 137 Å². The van der Waals surface area contributed by atoms with Crippen LogP contribution < -0.4 is 4.72 Å². The summed E-state index contributed by atoms with van der Waals surface area (Å²) >= 11 is 0.651. The number of carboxylic acid groups (broad SMARTS) is 1. The van der Waals surface area contributed by atoms with Gasteiger partial charge in [-0.1, -0.05) is 6.92 Å². The van der Waals surface area contributed by atoms with Crippen molar-refractivity contribution in [2.75, 3.05) is 13.2 Å².